The molecule has 100 valence electrons. The van der Waals surface area contributed by atoms with Gasteiger partial charge in [-0.2, -0.15) is 0 Å². The van der Waals surface area contributed by atoms with E-state index >= 15 is 0 Å². The minimum absolute atomic E-state index is 0.399. The maximum atomic E-state index is 6.06. The van der Waals surface area contributed by atoms with Gasteiger partial charge in [0.25, 0.3) is 0 Å². The number of hydrogen-bond donors (Lipinski definition) is 0. The first-order valence-electron chi connectivity index (χ1n) is 6.29. The van der Waals surface area contributed by atoms with Gasteiger partial charge in [0, 0.05) is 35.7 Å². The lowest BCUT2D eigenvalue weighted by molar-refractivity contribution is 0.0721. The van der Waals surface area contributed by atoms with Gasteiger partial charge in [0.1, 0.15) is 0 Å². The second kappa shape index (κ2) is 6.27. The van der Waals surface area contributed by atoms with Crippen LogP contribution in [0.1, 0.15) is 25.3 Å². The summed E-state index contributed by atoms with van der Waals surface area (Å²) in [6.07, 6.45) is 2.57. The van der Waals surface area contributed by atoms with Gasteiger partial charge in [0.2, 0.25) is 0 Å². The molecule has 1 aromatic rings. The normalized spacial score (nSPS) is 24.3. The van der Waals surface area contributed by atoms with Crippen molar-refractivity contribution in [1.82, 2.24) is 0 Å². The van der Waals surface area contributed by atoms with E-state index in [1.54, 1.807) is 7.11 Å². The summed E-state index contributed by atoms with van der Waals surface area (Å²) in [4.78, 5) is 2.46. The SMILES string of the molecule is COC1CCN(c2ccc(Cl)cc2CBr)C(C)C1. The number of anilines is 1. The highest BCUT2D eigenvalue weighted by atomic mass is 79.9. The van der Waals surface area contributed by atoms with Crippen molar-refractivity contribution in [2.24, 2.45) is 0 Å². The third kappa shape index (κ3) is 3.01. The Morgan fingerprint density at radius 1 is 1.50 bits per heavy atom. The molecule has 2 unspecified atom stereocenters. The Labute approximate surface area is 122 Å². The maximum Gasteiger partial charge on any atom is 0.0607 e. The topological polar surface area (TPSA) is 12.5 Å². The molecule has 2 rings (SSSR count). The fraction of sp³-hybridized carbons (Fsp3) is 0.571. The Bertz CT molecular complexity index is 413. The predicted molar refractivity (Wildman–Crippen MR) is 80.9 cm³/mol. The number of halogens is 2. The number of nitrogens with zero attached hydrogens (tertiary/aromatic N) is 1. The van der Waals surface area contributed by atoms with Crippen molar-refractivity contribution >= 4 is 33.2 Å². The van der Waals surface area contributed by atoms with Gasteiger partial charge in [-0.25, -0.2) is 0 Å². The summed E-state index contributed by atoms with van der Waals surface area (Å²) in [5.74, 6) is 0. The Morgan fingerprint density at radius 2 is 2.28 bits per heavy atom. The summed E-state index contributed by atoms with van der Waals surface area (Å²) in [5.41, 5.74) is 2.54. The van der Waals surface area contributed by atoms with Crippen LogP contribution < -0.4 is 4.90 Å². The van der Waals surface area contributed by atoms with Crippen molar-refractivity contribution in [1.29, 1.82) is 0 Å². The molecule has 0 radical (unpaired) electrons. The van der Waals surface area contributed by atoms with E-state index in [0.717, 1.165) is 29.7 Å². The predicted octanol–water partition coefficient (Wildman–Crippen LogP) is 4.24. The Hall–Kier alpha value is -0.250. The lowest BCUT2D eigenvalue weighted by Crippen LogP contribution is -2.43. The van der Waals surface area contributed by atoms with Crippen LogP contribution >= 0.6 is 27.5 Å². The van der Waals surface area contributed by atoms with E-state index in [9.17, 15) is 0 Å². The van der Waals surface area contributed by atoms with Gasteiger partial charge in [-0.3, -0.25) is 0 Å². The van der Waals surface area contributed by atoms with Gasteiger partial charge < -0.3 is 9.64 Å². The second-order valence-electron chi connectivity index (χ2n) is 4.83. The maximum absolute atomic E-state index is 6.06. The molecule has 2 atom stereocenters. The quantitative estimate of drug-likeness (QED) is 0.768. The highest BCUT2D eigenvalue weighted by Gasteiger charge is 2.26. The van der Waals surface area contributed by atoms with Crippen LogP contribution in [-0.2, 0) is 10.1 Å². The molecule has 2 nitrogen and oxygen atoms in total. The minimum atomic E-state index is 0.399. The summed E-state index contributed by atoms with van der Waals surface area (Å²) in [5, 5.41) is 1.63. The average molecular weight is 333 g/mol. The summed E-state index contributed by atoms with van der Waals surface area (Å²) >= 11 is 9.60. The number of methoxy groups -OCH3 is 1. The van der Waals surface area contributed by atoms with Gasteiger partial charge >= 0.3 is 0 Å². The lowest BCUT2D eigenvalue weighted by Gasteiger charge is -2.39. The zero-order valence-corrected chi connectivity index (χ0v) is 13.2. The highest BCUT2D eigenvalue weighted by molar-refractivity contribution is 9.08. The zero-order chi connectivity index (χ0) is 13.1. The molecule has 1 aliphatic rings. The summed E-state index contributed by atoms with van der Waals surface area (Å²) < 4.78 is 5.46. The minimum Gasteiger partial charge on any atom is -0.381 e. The van der Waals surface area contributed by atoms with E-state index in [1.165, 1.54) is 11.3 Å². The average Bonchev–Trinajstić information content (AvgIpc) is 2.39. The van der Waals surface area contributed by atoms with Crippen LogP contribution in [0.4, 0.5) is 5.69 Å². The van der Waals surface area contributed by atoms with Gasteiger partial charge in [0.05, 0.1) is 6.10 Å². The summed E-state index contributed by atoms with van der Waals surface area (Å²) in [6, 6.07) is 6.64. The molecule has 4 heteroatoms. The number of benzene rings is 1. The van der Waals surface area contributed by atoms with E-state index in [1.807, 2.05) is 12.1 Å². The fourth-order valence-corrected chi connectivity index (χ4v) is 3.29. The molecule has 1 fully saturated rings. The molecule has 1 saturated heterocycles. The Morgan fingerprint density at radius 3 is 2.89 bits per heavy atom. The van der Waals surface area contributed by atoms with E-state index in [4.69, 9.17) is 16.3 Å². The third-order valence-electron chi connectivity index (χ3n) is 3.66. The van der Waals surface area contributed by atoms with Gasteiger partial charge in [0.15, 0.2) is 0 Å². The van der Waals surface area contributed by atoms with E-state index in [-0.39, 0.29) is 0 Å². The van der Waals surface area contributed by atoms with Gasteiger partial charge in [-0.05, 0) is 43.5 Å². The van der Waals surface area contributed by atoms with Crippen molar-refractivity contribution in [2.75, 3.05) is 18.6 Å². The van der Waals surface area contributed by atoms with Crippen molar-refractivity contribution in [3.05, 3.63) is 28.8 Å². The molecule has 1 heterocycles. The molecule has 1 aromatic carbocycles. The largest absolute Gasteiger partial charge is 0.381 e. The summed E-state index contributed by atoms with van der Waals surface area (Å²) in [7, 11) is 1.80. The van der Waals surface area contributed by atoms with Crippen LogP contribution in [-0.4, -0.2) is 25.8 Å². The monoisotopic (exact) mass is 331 g/mol. The molecule has 0 spiro atoms. The molecule has 0 bridgehead atoms. The van der Waals surface area contributed by atoms with E-state index < -0.39 is 0 Å². The van der Waals surface area contributed by atoms with Crippen LogP contribution in [0.2, 0.25) is 5.02 Å². The van der Waals surface area contributed by atoms with Crippen LogP contribution in [0.15, 0.2) is 18.2 Å². The number of alkyl halides is 1. The number of rotatable bonds is 3. The number of piperidine rings is 1. The van der Waals surface area contributed by atoms with Crippen molar-refractivity contribution in [2.45, 2.75) is 37.2 Å². The molecule has 0 amide bonds. The molecule has 0 aliphatic carbocycles. The molecule has 18 heavy (non-hydrogen) atoms. The number of hydrogen-bond acceptors (Lipinski definition) is 2. The van der Waals surface area contributed by atoms with Crippen LogP contribution in [0.3, 0.4) is 0 Å². The first-order valence-corrected chi connectivity index (χ1v) is 7.79. The number of ether oxygens (including phenoxy) is 1. The lowest BCUT2D eigenvalue weighted by atomic mass is 9.99. The van der Waals surface area contributed by atoms with Crippen LogP contribution in [0, 0.1) is 0 Å². The van der Waals surface area contributed by atoms with E-state index in [0.29, 0.717) is 12.1 Å². The molecule has 0 saturated carbocycles. The molecule has 0 aromatic heterocycles. The Kier molecular flexibility index (Phi) is 4.93. The smallest absolute Gasteiger partial charge is 0.0607 e. The second-order valence-corrected chi connectivity index (χ2v) is 5.83. The van der Waals surface area contributed by atoms with Crippen LogP contribution in [0.25, 0.3) is 0 Å². The Balaban J connectivity index is 2.21. The molecular formula is C14H19BrClNO. The van der Waals surface area contributed by atoms with Crippen molar-refractivity contribution in [3.8, 4) is 0 Å². The van der Waals surface area contributed by atoms with E-state index in [2.05, 4.69) is 33.8 Å². The molecule has 1 aliphatic heterocycles. The standard InChI is InChI=1S/C14H19BrClNO/c1-10-7-13(18-2)5-6-17(10)14-4-3-12(16)8-11(14)9-15/h3-4,8,10,13H,5-7,9H2,1-2H3. The third-order valence-corrected chi connectivity index (χ3v) is 4.50. The summed E-state index contributed by atoms with van der Waals surface area (Å²) in [6.45, 7) is 3.30. The highest BCUT2D eigenvalue weighted by Crippen LogP contribution is 2.31. The van der Waals surface area contributed by atoms with Crippen LogP contribution in [0.5, 0.6) is 0 Å². The van der Waals surface area contributed by atoms with Gasteiger partial charge in [-0.15, -0.1) is 0 Å². The first kappa shape index (κ1) is 14.2. The zero-order valence-electron chi connectivity index (χ0n) is 10.8. The van der Waals surface area contributed by atoms with Crippen molar-refractivity contribution in [3.63, 3.8) is 0 Å². The molecular weight excluding hydrogens is 314 g/mol. The first-order chi connectivity index (χ1) is 8.65. The molecule has 0 N–H and O–H groups in total. The van der Waals surface area contributed by atoms with Crippen molar-refractivity contribution < 1.29 is 4.74 Å². The van der Waals surface area contributed by atoms with Gasteiger partial charge in [-0.1, -0.05) is 27.5 Å². The fourth-order valence-electron chi connectivity index (χ4n) is 2.64.